The molecule has 5 nitrogen and oxygen atoms in total. The molecule has 0 bridgehead atoms. The molecule has 0 aromatic carbocycles. The van der Waals surface area contributed by atoms with Crippen LogP contribution in [0.4, 0.5) is 0 Å². The molecule has 0 radical (unpaired) electrons. The molecule has 0 spiro atoms. The van der Waals surface area contributed by atoms with Gasteiger partial charge in [-0.1, -0.05) is 6.92 Å². The molecule has 0 saturated heterocycles. The number of nitrogens with zero attached hydrogens (tertiary/aromatic N) is 2. The molecule has 5 heteroatoms. The smallest absolute Gasteiger partial charge is 0.138 e. The maximum Gasteiger partial charge on any atom is 0.138 e. The Morgan fingerprint density at radius 3 is 2.50 bits per heavy atom. The lowest BCUT2D eigenvalue weighted by molar-refractivity contribution is 0.112. The van der Waals surface area contributed by atoms with Crippen molar-refractivity contribution in [1.82, 2.24) is 15.3 Å². The highest BCUT2D eigenvalue weighted by atomic mass is 16.5. The van der Waals surface area contributed by atoms with Crippen LogP contribution in [0.3, 0.4) is 0 Å². The largest absolute Gasteiger partial charge is 0.489 e. The van der Waals surface area contributed by atoms with Crippen LogP contribution < -0.4 is 16.0 Å². The van der Waals surface area contributed by atoms with Gasteiger partial charge in [0.2, 0.25) is 0 Å². The second kappa shape index (κ2) is 7.02. The minimum Gasteiger partial charge on any atom is -0.489 e. The third-order valence-electron chi connectivity index (χ3n) is 3.97. The molecule has 20 heavy (non-hydrogen) atoms. The van der Waals surface area contributed by atoms with Crippen LogP contribution in [0, 0.1) is 0 Å². The monoisotopic (exact) mass is 280 g/mol. The van der Waals surface area contributed by atoms with Gasteiger partial charge in [-0.25, -0.2) is 0 Å². The summed E-state index contributed by atoms with van der Waals surface area (Å²) in [5.74, 6) is 6.58. The average Bonchev–Trinajstić information content (AvgIpc) is 2.38. The van der Waals surface area contributed by atoms with Gasteiger partial charge in [0.15, 0.2) is 0 Å². The van der Waals surface area contributed by atoms with Crippen LogP contribution in [0.1, 0.15) is 45.7 Å². The van der Waals surface area contributed by atoms with Gasteiger partial charge >= 0.3 is 0 Å². The van der Waals surface area contributed by atoms with Crippen molar-refractivity contribution in [2.24, 2.45) is 5.84 Å². The molecule has 0 aliphatic rings. The highest BCUT2D eigenvalue weighted by Gasteiger charge is 2.35. The van der Waals surface area contributed by atoms with Gasteiger partial charge in [0, 0.05) is 11.7 Å². The van der Waals surface area contributed by atoms with Crippen LogP contribution in [0.15, 0.2) is 18.5 Å². The maximum absolute atomic E-state index is 5.81. The van der Waals surface area contributed by atoms with E-state index in [4.69, 9.17) is 10.6 Å². The van der Waals surface area contributed by atoms with Crippen LogP contribution >= 0.6 is 0 Å². The summed E-state index contributed by atoms with van der Waals surface area (Å²) in [5.41, 5.74) is 3.86. The number of rotatable bonds is 7. The van der Waals surface area contributed by atoms with Crippen molar-refractivity contribution in [1.29, 1.82) is 0 Å². The standard InChI is InChI=1S/C15H28N4O/c1-7-15(4,19(5)6)14(18-16)12-8-13(10-17-9-12)20-11(2)3/h8-11,14,18H,7,16H2,1-6H3. The molecule has 0 amide bonds. The van der Waals surface area contributed by atoms with E-state index in [2.05, 4.69) is 43.3 Å². The van der Waals surface area contributed by atoms with Crippen molar-refractivity contribution in [3.05, 3.63) is 24.0 Å². The van der Waals surface area contributed by atoms with Gasteiger partial charge in [-0.05, 0) is 52.9 Å². The zero-order chi connectivity index (χ0) is 15.3. The third kappa shape index (κ3) is 3.69. The SMILES string of the molecule is CCC(C)(C(NN)c1cncc(OC(C)C)c1)N(C)C. The van der Waals surface area contributed by atoms with Gasteiger partial charge in [0.1, 0.15) is 5.75 Å². The normalized spacial score (nSPS) is 16.2. The van der Waals surface area contributed by atoms with Gasteiger partial charge in [0.25, 0.3) is 0 Å². The average molecular weight is 280 g/mol. The summed E-state index contributed by atoms with van der Waals surface area (Å²) in [6, 6.07) is 1.99. The highest BCUT2D eigenvalue weighted by molar-refractivity contribution is 5.28. The first-order valence-corrected chi connectivity index (χ1v) is 7.10. The summed E-state index contributed by atoms with van der Waals surface area (Å²) in [4.78, 5) is 6.46. The van der Waals surface area contributed by atoms with E-state index in [1.807, 2.05) is 26.1 Å². The van der Waals surface area contributed by atoms with Gasteiger partial charge in [-0.2, -0.15) is 0 Å². The lowest BCUT2D eigenvalue weighted by Crippen LogP contribution is -2.53. The van der Waals surface area contributed by atoms with Crippen molar-refractivity contribution >= 4 is 0 Å². The van der Waals surface area contributed by atoms with E-state index in [-0.39, 0.29) is 17.7 Å². The second-order valence-corrected chi connectivity index (χ2v) is 5.83. The molecule has 2 unspecified atom stereocenters. The molecular formula is C15H28N4O. The minimum absolute atomic E-state index is 0.0225. The summed E-state index contributed by atoms with van der Waals surface area (Å²) >= 11 is 0. The number of pyridine rings is 1. The maximum atomic E-state index is 5.81. The van der Waals surface area contributed by atoms with E-state index in [1.165, 1.54) is 0 Å². The number of likely N-dealkylation sites (N-methyl/N-ethyl adjacent to an activating group) is 1. The Bertz CT molecular complexity index is 422. The number of nitrogens with two attached hydrogens (primary N) is 1. The van der Waals surface area contributed by atoms with Crippen molar-refractivity contribution in [2.45, 2.75) is 51.8 Å². The molecule has 0 saturated carbocycles. The summed E-state index contributed by atoms with van der Waals surface area (Å²) in [5, 5.41) is 0. The first-order chi connectivity index (χ1) is 9.35. The predicted molar refractivity (Wildman–Crippen MR) is 82.4 cm³/mol. The van der Waals surface area contributed by atoms with E-state index >= 15 is 0 Å². The van der Waals surface area contributed by atoms with Crippen molar-refractivity contribution in [3.8, 4) is 5.75 Å². The van der Waals surface area contributed by atoms with Gasteiger partial charge in [-0.15, -0.1) is 0 Å². The summed E-state index contributed by atoms with van der Waals surface area (Å²) in [6.45, 7) is 8.35. The molecule has 1 aromatic heterocycles. The fraction of sp³-hybridized carbons (Fsp3) is 0.667. The third-order valence-corrected chi connectivity index (χ3v) is 3.97. The number of hydrazine groups is 1. The Kier molecular flexibility index (Phi) is 5.92. The van der Waals surface area contributed by atoms with E-state index in [1.54, 1.807) is 6.20 Å². The fourth-order valence-electron chi connectivity index (χ4n) is 2.34. The molecule has 0 aliphatic heterocycles. The van der Waals surface area contributed by atoms with Gasteiger partial charge in [0.05, 0.1) is 18.3 Å². The summed E-state index contributed by atoms with van der Waals surface area (Å²) in [6.07, 6.45) is 4.66. The predicted octanol–water partition coefficient (Wildman–Crippen LogP) is 2.10. The van der Waals surface area contributed by atoms with Crippen LogP contribution in [-0.4, -0.2) is 35.6 Å². The first kappa shape index (κ1) is 16.9. The van der Waals surface area contributed by atoms with Crippen molar-refractivity contribution in [2.75, 3.05) is 14.1 Å². The van der Waals surface area contributed by atoms with E-state index in [0.717, 1.165) is 17.7 Å². The Morgan fingerprint density at radius 2 is 2.05 bits per heavy atom. The van der Waals surface area contributed by atoms with Crippen molar-refractivity contribution in [3.63, 3.8) is 0 Å². The molecule has 2 atom stereocenters. The molecule has 1 rings (SSSR count). The Hall–Kier alpha value is -1.17. The molecule has 0 aliphatic carbocycles. The van der Waals surface area contributed by atoms with E-state index in [9.17, 15) is 0 Å². The lowest BCUT2D eigenvalue weighted by Gasteiger charge is -2.42. The van der Waals surface area contributed by atoms with E-state index < -0.39 is 0 Å². The number of ether oxygens (including phenoxy) is 1. The molecule has 3 N–H and O–H groups in total. The minimum atomic E-state index is -0.104. The quantitative estimate of drug-likeness (QED) is 0.591. The summed E-state index contributed by atoms with van der Waals surface area (Å²) in [7, 11) is 4.13. The number of aromatic nitrogens is 1. The molecule has 114 valence electrons. The Labute approximate surface area is 122 Å². The second-order valence-electron chi connectivity index (χ2n) is 5.83. The van der Waals surface area contributed by atoms with Gasteiger partial charge < -0.3 is 9.64 Å². The molecule has 1 aromatic rings. The Balaban J connectivity index is 3.12. The van der Waals surface area contributed by atoms with Crippen LogP contribution in [0.25, 0.3) is 0 Å². The zero-order valence-electron chi connectivity index (χ0n) is 13.5. The van der Waals surface area contributed by atoms with E-state index in [0.29, 0.717) is 0 Å². The summed E-state index contributed by atoms with van der Waals surface area (Å²) < 4.78 is 5.71. The lowest BCUT2D eigenvalue weighted by atomic mass is 9.84. The van der Waals surface area contributed by atoms with Crippen molar-refractivity contribution < 1.29 is 4.74 Å². The topological polar surface area (TPSA) is 63.4 Å². The molecule has 1 heterocycles. The van der Waals surface area contributed by atoms with Crippen LogP contribution in [-0.2, 0) is 0 Å². The zero-order valence-corrected chi connectivity index (χ0v) is 13.5. The number of hydrogen-bond donors (Lipinski definition) is 2. The highest BCUT2D eigenvalue weighted by Crippen LogP contribution is 2.33. The number of nitrogens with one attached hydrogen (secondary N) is 1. The first-order valence-electron chi connectivity index (χ1n) is 7.10. The number of hydrogen-bond acceptors (Lipinski definition) is 5. The Morgan fingerprint density at radius 1 is 1.40 bits per heavy atom. The van der Waals surface area contributed by atoms with Crippen LogP contribution in [0.2, 0.25) is 0 Å². The van der Waals surface area contributed by atoms with Crippen LogP contribution in [0.5, 0.6) is 5.75 Å². The van der Waals surface area contributed by atoms with Gasteiger partial charge in [-0.3, -0.25) is 16.3 Å². The molecular weight excluding hydrogens is 252 g/mol. The molecule has 0 fully saturated rings. The fourth-order valence-corrected chi connectivity index (χ4v) is 2.34.